The Labute approximate surface area is 136 Å². The van der Waals surface area contributed by atoms with Gasteiger partial charge in [-0.25, -0.2) is 9.59 Å². The summed E-state index contributed by atoms with van der Waals surface area (Å²) in [5.74, 6) is -2.32. The third kappa shape index (κ3) is 6.76. The van der Waals surface area contributed by atoms with E-state index in [1.165, 1.54) is 30.3 Å². The van der Waals surface area contributed by atoms with Gasteiger partial charge in [-0.2, -0.15) is 0 Å². The molecule has 0 heterocycles. The number of benzene rings is 1. The molecule has 0 aliphatic rings. The number of carbonyl (C=O) groups excluding carboxylic acids is 2. The zero-order chi connectivity index (χ0) is 18.4. The first kappa shape index (κ1) is 20.2. The zero-order valence-corrected chi connectivity index (χ0v) is 14.2. The van der Waals surface area contributed by atoms with Gasteiger partial charge in [0.25, 0.3) is 0 Å². The summed E-state index contributed by atoms with van der Waals surface area (Å²) in [6, 6.07) is 5.18. The van der Waals surface area contributed by atoms with E-state index in [1.807, 2.05) is 0 Å². The molecule has 10 nitrogen and oxygen atoms in total. The molecule has 0 aliphatic carbocycles. The van der Waals surface area contributed by atoms with E-state index >= 15 is 0 Å². The molecular formula is C12H12O10P2-2. The Morgan fingerprint density at radius 1 is 0.958 bits per heavy atom. The molecule has 0 aliphatic heterocycles. The van der Waals surface area contributed by atoms with Crippen LogP contribution in [0.5, 0.6) is 0 Å². The van der Waals surface area contributed by atoms with Crippen molar-refractivity contribution < 1.29 is 46.6 Å². The van der Waals surface area contributed by atoms with Crippen LogP contribution >= 0.6 is 15.6 Å². The lowest BCUT2D eigenvalue weighted by Gasteiger charge is -2.19. The van der Waals surface area contributed by atoms with Crippen LogP contribution in [0.25, 0.3) is 6.08 Å². The fourth-order valence-electron chi connectivity index (χ4n) is 1.26. The Balaban J connectivity index is 2.73. The van der Waals surface area contributed by atoms with Crippen LogP contribution in [0, 0.1) is 0 Å². The maximum atomic E-state index is 11.5. The van der Waals surface area contributed by atoms with Crippen molar-refractivity contribution in [3.05, 3.63) is 41.5 Å². The average Bonchev–Trinajstić information content (AvgIpc) is 2.52. The Bertz CT molecular complexity index is 724. The second kappa shape index (κ2) is 8.34. The molecule has 12 heteroatoms. The molecule has 0 bridgehead atoms. The summed E-state index contributed by atoms with van der Waals surface area (Å²) in [7, 11) is -7.69. The number of rotatable bonds is 7. The molecule has 132 valence electrons. The van der Waals surface area contributed by atoms with Gasteiger partial charge in [0.1, 0.15) is 0 Å². The lowest BCUT2D eigenvalue weighted by molar-refractivity contribution is -0.221. The van der Waals surface area contributed by atoms with E-state index in [9.17, 15) is 28.5 Å². The molecule has 0 saturated heterocycles. The van der Waals surface area contributed by atoms with E-state index < -0.39 is 27.6 Å². The number of carbonyl (C=O) groups is 2. The highest BCUT2D eigenvalue weighted by atomic mass is 31.2. The van der Waals surface area contributed by atoms with Crippen molar-refractivity contribution in [2.75, 3.05) is 14.2 Å². The maximum Gasteiger partial charge on any atom is 0.343 e. The number of phosphoric acid groups is 2. The molecular weight excluding hydrogens is 366 g/mol. The summed E-state index contributed by atoms with van der Waals surface area (Å²) >= 11 is 0. The van der Waals surface area contributed by atoms with Gasteiger partial charge in [0.05, 0.1) is 5.56 Å². The molecule has 0 spiro atoms. The topological polar surface area (TPSA) is 151 Å². The molecule has 0 N–H and O–H groups in total. The van der Waals surface area contributed by atoms with Crippen molar-refractivity contribution in [3.63, 3.8) is 0 Å². The fraction of sp³-hybridized carbons (Fsp3) is 0.167. The molecule has 0 fully saturated rings. The Morgan fingerprint density at radius 2 is 1.46 bits per heavy atom. The SMILES string of the molecule is COP(=O)([O-])OC(=O)/C=C/c1ccc(C(=O)OP(=O)([O-])OC)cc1. The van der Waals surface area contributed by atoms with Crippen LogP contribution in [0.1, 0.15) is 15.9 Å². The molecule has 1 aromatic rings. The van der Waals surface area contributed by atoms with E-state index in [4.69, 9.17) is 0 Å². The number of hydrogen-bond acceptors (Lipinski definition) is 10. The largest absolute Gasteiger partial charge is 0.746 e. The smallest absolute Gasteiger partial charge is 0.343 e. The van der Waals surface area contributed by atoms with E-state index in [-0.39, 0.29) is 5.56 Å². The minimum Gasteiger partial charge on any atom is -0.746 e. The van der Waals surface area contributed by atoms with Gasteiger partial charge in [0, 0.05) is 20.3 Å². The first-order valence-corrected chi connectivity index (χ1v) is 9.00. The molecule has 0 aromatic heterocycles. The number of hydrogen-bond donors (Lipinski definition) is 0. The summed E-state index contributed by atoms with van der Waals surface area (Å²) in [6.07, 6.45) is 2.04. The van der Waals surface area contributed by atoms with Crippen molar-refractivity contribution in [2.45, 2.75) is 0 Å². The highest BCUT2D eigenvalue weighted by Gasteiger charge is 2.15. The Hall–Kier alpha value is -1.80. The predicted molar refractivity (Wildman–Crippen MR) is 76.2 cm³/mol. The summed E-state index contributed by atoms with van der Waals surface area (Å²) in [6.45, 7) is 0. The van der Waals surface area contributed by atoms with Crippen LogP contribution in [0.2, 0.25) is 0 Å². The first-order chi connectivity index (χ1) is 11.1. The molecule has 0 saturated carbocycles. The molecule has 2 atom stereocenters. The summed E-state index contributed by atoms with van der Waals surface area (Å²) in [5.41, 5.74) is 0.324. The van der Waals surface area contributed by atoms with Crippen LogP contribution < -0.4 is 9.79 Å². The van der Waals surface area contributed by atoms with Crippen LogP contribution in [0.3, 0.4) is 0 Å². The third-order valence-corrected chi connectivity index (χ3v) is 4.09. The molecule has 1 rings (SSSR count). The summed E-state index contributed by atoms with van der Waals surface area (Å²) < 4.78 is 38.1. The average molecular weight is 378 g/mol. The first-order valence-electron chi connectivity index (χ1n) is 6.08. The molecule has 24 heavy (non-hydrogen) atoms. The van der Waals surface area contributed by atoms with Gasteiger partial charge in [-0.15, -0.1) is 0 Å². The highest BCUT2D eigenvalue weighted by Crippen LogP contribution is 2.38. The van der Waals surface area contributed by atoms with E-state index in [0.29, 0.717) is 5.56 Å². The quantitative estimate of drug-likeness (QED) is 0.488. The Morgan fingerprint density at radius 3 is 1.96 bits per heavy atom. The van der Waals surface area contributed by atoms with Crippen molar-refractivity contribution in [1.29, 1.82) is 0 Å². The minimum atomic E-state index is -4.70. The van der Waals surface area contributed by atoms with Crippen LogP contribution in [-0.2, 0) is 32.0 Å². The van der Waals surface area contributed by atoms with Crippen molar-refractivity contribution >= 4 is 33.7 Å². The van der Waals surface area contributed by atoms with E-state index in [2.05, 4.69) is 18.1 Å². The van der Waals surface area contributed by atoms with E-state index in [0.717, 1.165) is 20.3 Å². The fourth-order valence-corrected chi connectivity index (χ4v) is 2.00. The molecule has 0 radical (unpaired) electrons. The van der Waals surface area contributed by atoms with Crippen molar-refractivity contribution in [2.24, 2.45) is 0 Å². The van der Waals surface area contributed by atoms with Crippen LogP contribution in [-0.4, -0.2) is 26.2 Å². The number of phosphoric ester groups is 2. The molecule has 0 amide bonds. The molecule has 1 aromatic carbocycles. The van der Waals surface area contributed by atoms with Crippen molar-refractivity contribution in [1.82, 2.24) is 0 Å². The lowest BCUT2D eigenvalue weighted by atomic mass is 10.1. The second-order valence-electron chi connectivity index (χ2n) is 4.00. The van der Waals surface area contributed by atoms with Gasteiger partial charge in [-0.05, 0) is 23.8 Å². The van der Waals surface area contributed by atoms with Gasteiger partial charge in [0.15, 0.2) is 0 Å². The van der Waals surface area contributed by atoms with Gasteiger partial charge in [-0.3, -0.25) is 9.13 Å². The predicted octanol–water partition coefficient (Wildman–Crippen LogP) is 0.629. The molecule has 2 unspecified atom stereocenters. The third-order valence-electron chi connectivity index (χ3n) is 2.40. The van der Waals surface area contributed by atoms with Gasteiger partial charge in [0.2, 0.25) is 0 Å². The summed E-state index contributed by atoms with van der Waals surface area (Å²) in [5, 5.41) is 0. The Kier molecular flexibility index (Phi) is 7.04. The van der Waals surface area contributed by atoms with E-state index in [1.54, 1.807) is 0 Å². The highest BCUT2D eigenvalue weighted by molar-refractivity contribution is 7.46. The second-order valence-corrected chi connectivity index (χ2v) is 6.89. The van der Waals surface area contributed by atoms with Crippen LogP contribution in [0.4, 0.5) is 0 Å². The standard InChI is InChI=1S/C12H14O10P2/c1-19-23(15,16)21-11(13)8-5-9-3-6-10(7-4-9)12(14)22-24(17,18)20-2/h3-8H,1-2H3,(H,15,16)(H,17,18)/p-2/b8-5+. The van der Waals surface area contributed by atoms with Crippen molar-refractivity contribution in [3.8, 4) is 0 Å². The van der Waals surface area contributed by atoms with Gasteiger partial charge in [-0.1, -0.05) is 12.1 Å². The zero-order valence-electron chi connectivity index (χ0n) is 12.4. The lowest BCUT2D eigenvalue weighted by Crippen LogP contribution is -2.12. The minimum absolute atomic E-state index is 0.0775. The van der Waals surface area contributed by atoms with Crippen LogP contribution in [0.15, 0.2) is 30.3 Å². The van der Waals surface area contributed by atoms with Gasteiger partial charge < -0.3 is 27.9 Å². The summed E-state index contributed by atoms with van der Waals surface area (Å²) in [4.78, 5) is 44.7. The van der Waals surface area contributed by atoms with Gasteiger partial charge >= 0.3 is 27.6 Å². The monoisotopic (exact) mass is 378 g/mol. The maximum absolute atomic E-state index is 11.5. The normalized spacial score (nSPS) is 16.2.